The van der Waals surface area contributed by atoms with Crippen LogP contribution in [0.15, 0.2) is 64.1 Å². The fraction of sp³-hybridized carbons (Fsp3) is 0.143. The summed E-state index contributed by atoms with van der Waals surface area (Å²) >= 11 is 0. The Bertz CT molecular complexity index is 662. The van der Waals surface area contributed by atoms with Gasteiger partial charge in [0.1, 0.15) is 0 Å². The fourth-order valence-electron chi connectivity index (χ4n) is 1.85. The minimum Gasteiger partial charge on any atom is -0.357 e. The van der Waals surface area contributed by atoms with Gasteiger partial charge in [0, 0.05) is 25.0 Å². The lowest BCUT2D eigenvalue weighted by atomic mass is 10.2. The predicted octanol–water partition coefficient (Wildman–Crippen LogP) is 1.43. The molecule has 1 aromatic carbocycles. The zero-order chi connectivity index (χ0) is 11.8. The lowest BCUT2D eigenvalue weighted by Gasteiger charge is -2.11. The zero-order valence-corrected chi connectivity index (χ0v) is 9.88. The van der Waals surface area contributed by atoms with E-state index in [2.05, 4.69) is 29.0 Å². The lowest BCUT2D eigenvalue weighted by molar-refractivity contribution is 0.619. The molecule has 0 amide bonds. The Balaban J connectivity index is 2.13. The van der Waals surface area contributed by atoms with Gasteiger partial charge in [-0.05, 0) is 36.8 Å². The highest BCUT2D eigenvalue weighted by molar-refractivity contribution is 5.38. The summed E-state index contributed by atoms with van der Waals surface area (Å²) in [6.07, 6.45) is 8.06. The van der Waals surface area contributed by atoms with Gasteiger partial charge in [0.05, 0.1) is 10.7 Å². The first kappa shape index (κ1) is 10.0. The van der Waals surface area contributed by atoms with Crippen LogP contribution in [0, 0.1) is 6.92 Å². The summed E-state index contributed by atoms with van der Waals surface area (Å²) in [4.78, 5) is 11.1. The third kappa shape index (κ3) is 1.80. The molecule has 0 unspecified atom stereocenters. The van der Waals surface area contributed by atoms with Crippen molar-refractivity contribution in [1.29, 1.82) is 0 Å². The summed E-state index contributed by atoms with van der Waals surface area (Å²) in [5.74, 6) is 0.797. The van der Waals surface area contributed by atoms with Gasteiger partial charge < -0.3 is 4.90 Å². The number of rotatable bonds is 0. The van der Waals surface area contributed by atoms with E-state index in [1.165, 1.54) is 5.56 Å². The van der Waals surface area contributed by atoms with Crippen molar-refractivity contribution < 1.29 is 0 Å². The van der Waals surface area contributed by atoms with Crippen LogP contribution in [0.2, 0.25) is 0 Å². The molecule has 0 bridgehead atoms. The third-order valence-electron chi connectivity index (χ3n) is 2.82. The average Bonchev–Trinajstić information content (AvgIpc) is 2.72. The SMILES string of the molecule is Cc1ccc2c(c1)=NC(=C1C=CN(C)C=C1)N=2. The van der Waals surface area contributed by atoms with Crippen molar-refractivity contribution in [3.63, 3.8) is 0 Å². The number of allylic oxidation sites excluding steroid dienone is 3. The number of hydrogen-bond acceptors (Lipinski definition) is 3. The number of fused-ring (bicyclic) bond motifs is 1. The topological polar surface area (TPSA) is 28.0 Å². The molecule has 0 saturated carbocycles. The molecule has 0 radical (unpaired) electrons. The molecule has 3 heteroatoms. The van der Waals surface area contributed by atoms with Crippen LogP contribution in [-0.2, 0) is 0 Å². The maximum absolute atomic E-state index is 4.55. The summed E-state index contributed by atoms with van der Waals surface area (Å²) < 4.78 is 0. The van der Waals surface area contributed by atoms with Gasteiger partial charge in [-0.15, -0.1) is 0 Å². The molecule has 2 heterocycles. The average molecular weight is 223 g/mol. The van der Waals surface area contributed by atoms with Crippen molar-refractivity contribution in [2.75, 3.05) is 7.05 Å². The van der Waals surface area contributed by atoms with E-state index >= 15 is 0 Å². The van der Waals surface area contributed by atoms with Gasteiger partial charge >= 0.3 is 0 Å². The van der Waals surface area contributed by atoms with Crippen molar-refractivity contribution in [1.82, 2.24) is 4.90 Å². The molecule has 0 fully saturated rings. The summed E-state index contributed by atoms with van der Waals surface area (Å²) in [5.41, 5.74) is 2.26. The van der Waals surface area contributed by atoms with Crippen LogP contribution in [-0.4, -0.2) is 11.9 Å². The summed E-state index contributed by atoms with van der Waals surface area (Å²) in [6.45, 7) is 2.07. The molecule has 0 atom stereocenters. The second-order valence-electron chi connectivity index (χ2n) is 4.29. The minimum atomic E-state index is 0.797. The highest BCUT2D eigenvalue weighted by atomic mass is 15.1. The van der Waals surface area contributed by atoms with Crippen molar-refractivity contribution >= 4 is 0 Å². The first-order chi connectivity index (χ1) is 8.22. The van der Waals surface area contributed by atoms with Gasteiger partial charge in [0.25, 0.3) is 0 Å². The van der Waals surface area contributed by atoms with Crippen LogP contribution in [0.25, 0.3) is 0 Å². The molecule has 0 aromatic heterocycles. The molecule has 17 heavy (non-hydrogen) atoms. The minimum absolute atomic E-state index is 0.797. The van der Waals surface area contributed by atoms with Crippen LogP contribution in [0.3, 0.4) is 0 Å². The summed E-state index contributed by atoms with van der Waals surface area (Å²) in [5, 5.41) is 1.92. The third-order valence-corrected chi connectivity index (χ3v) is 2.82. The smallest absolute Gasteiger partial charge is 0.160 e. The van der Waals surface area contributed by atoms with E-state index in [4.69, 9.17) is 0 Å². The van der Waals surface area contributed by atoms with Crippen LogP contribution < -0.4 is 10.7 Å². The number of nitrogens with zero attached hydrogens (tertiary/aromatic N) is 3. The monoisotopic (exact) mass is 223 g/mol. The Morgan fingerprint density at radius 1 is 1.00 bits per heavy atom. The van der Waals surface area contributed by atoms with E-state index in [0.717, 1.165) is 22.1 Å². The van der Waals surface area contributed by atoms with Crippen LogP contribution in [0.4, 0.5) is 0 Å². The van der Waals surface area contributed by atoms with Gasteiger partial charge in [-0.3, -0.25) is 0 Å². The second-order valence-corrected chi connectivity index (χ2v) is 4.29. The second kappa shape index (κ2) is 3.70. The van der Waals surface area contributed by atoms with E-state index in [0.29, 0.717) is 0 Å². The quantitative estimate of drug-likeness (QED) is 0.654. The largest absolute Gasteiger partial charge is 0.357 e. The van der Waals surface area contributed by atoms with Gasteiger partial charge in [0.2, 0.25) is 0 Å². The van der Waals surface area contributed by atoms with Crippen LogP contribution in [0.1, 0.15) is 5.56 Å². The maximum Gasteiger partial charge on any atom is 0.160 e. The Morgan fingerprint density at radius 3 is 2.47 bits per heavy atom. The lowest BCUT2D eigenvalue weighted by Crippen LogP contribution is -2.20. The van der Waals surface area contributed by atoms with Crippen molar-refractivity contribution in [3.8, 4) is 0 Å². The molecule has 84 valence electrons. The normalized spacial score (nSPS) is 16.9. The van der Waals surface area contributed by atoms with Gasteiger partial charge in [0.15, 0.2) is 5.82 Å². The summed E-state index contributed by atoms with van der Waals surface area (Å²) in [7, 11) is 2.00. The molecular weight excluding hydrogens is 210 g/mol. The molecule has 0 N–H and O–H groups in total. The Kier molecular flexibility index (Phi) is 2.18. The first-order valence-corrected chi connectivity index (χ1v) is 5.59. The van der Waals surface area contributed by atoms with Gasteiger partial charge in [-0.2, -0.15) is 0 Å². The van der Waals surface area contributed by atoms with Crippen LogP contribution >= 0.6 is 0 Å². The van der Waals surface area contributed by atoms with Crippen molar-refractivity contribution in [2.24, 2.45) is 9.98 Å². The van der Waals surface area contributed by atoms with Crippen LogP contribution in [0.5, 0.6) is 0 Å². The highest BCUT2D eigenvalue weighted by Crippen LogP contribution is 2.15. The molecule has 3 rings (SSSR count). The van der Waals surface area contributed by atoms with Crippen molar-refractivity contribution in [2.45, 2.75) is 6.92 Å². The highest BCUT2D eigenvalue weighted by Gasteiger charge is 2.07. The van der Waals surface area contributed by atoms with Gasteiger partial charge in [-0.25, -0.2) is 9.98 Å². The first-order valence-electron chi connectivity index (χ1n) is 5.59. The Labute approximate surface area is 99.8 Å². The molecule has 1 aromatic rings. The van der Waals surface area contributed by atoms with E-state index in [-0.39, 0.29) is 0 Å². The fourth-order valence-corrected chi connectivity index (χ4v) is 1.85. The van der Waals surface area contributed by atoms with Crippen molar-refractivity contribution in [3.05, 3.63) is 70.4 Å². The molecule has 3 nitrogen and oxygen atoms in total. The van der Waals surface area contributed by atoms with E-state index in [1.807, 2.05) is 42.6 Å². The van der Waals surface area contributed by atoms with E-state index in [9.17, 15) is 0 Å². The molecule has 0 saturated heterocycles. The molecular formula is C14H13N3. The van der Waals surface area contributed by atoms with Gasteiger partial charge in [-0.1, -0.05) is 6.07 Å². The molecule has 2 aliphatic rings. The standard InChI is InChI=1S/C14H13N3/c1-10-3-4-12-13(9-10)16-14(15-12)11-5-7-17(2)8-6-11/h3-9H,1-2H3. The zero-order valence-electron chi connectivity index (χ0n) is 9.88. The Hall–Kier alpha value is -2.16. The number of hydrogen-bond donors (Lipinski definition) is 0. The van der Waals surface area contributed by atoms with E-state index in [1.54, 1.807) is 0 Å². The molecule has 0 spiro atoms. The summed E-state index contributed by atoms with van der Waals surface area (Å²) in [6, 6.07) is 6.14. The molecule has 2 aliphatic heterocycles. The number of benzene rings is 1. The molecule has 0 aliphatic carbocycles. The predicted molar refractivity (Wildman–Crippen MR) is 66.6 cm³/mol. The maximum atomic E-state index is 4.55. The number of aryl methyl sites for hydroxylation is 1. The van der Waals surface area contributed by atoms with E-state index < -0.39 is 0 Å². The Morgan fingerprint density at radius 2 is 1.71 bits per heavy atom.